The molecule has 1 fully saturated rings. The summed E-state index contributed by atoms with van der Waals surface area (Å²) >= 11 is 0. The Balaban J connectivity index is 2.31. The maximum absolute atomic E-state index is 10.8. The molecule has 1 aliphatic rings. The summed E-state index contributed by atoms with van der Waals surface area (Å²) in [7, 11) is 0. The quantitative estimate of drug-likeness (QED) is 0.573. The minimum Gasteiger partial charge on any atom is -0.353 e. The summed E-state index contributed by atoms with van der Waals surface area (Å²) in [5.41, 5.74) is 0. The van der Waals surface area contributed by atoms with Crippen molar-refractivity contribution in [3.05, 3.63) is 12.7 Å². The van der Waals surface area contributed by atoms with Crippen LogP contribution in [0.4, 0.5) is 0 Å². The van der Waals surface area contributed by atoms with Crippen LogP contribution in [-0.4, -0.2) is 11.9 Å². The van der Waals surface area contributed by atoms with Gasteiger partial charge in [0.1, 0.15) is 0 Å². The van der Waals surface area contributed by atoms with E-state index < -0.39 is 0 Å². The fourth-order valence-electron chi connectivity index (χ4n) is 1.26. The van der Waals surface area contributed by atoms with Crippen molar-refractivity contribution in [2.24, 2.45) is 0 Å². The van der Waals surface area contributed by atoms with Crippen molar-refractivity contribution in [3.63, 3.8) is 0 Å². The minimum absolute atomic E-state index is 0.193. The first kappa shape index (κ1) is 7.32. The lowest BCUT2D eigenvalue weighted by Crippen LogP contribution is -2.38. The Labute approximate surface area is 61.3 Å². The highest BCUT2D eigenvalue weighted by atomic mass is 16.1. The van der Waals surface area contributed by atoms with Crippen LogP contribution in [0.15, 0.2) is 12.7 Å². The van der Waals surface area contributed by atoms with E-state index in [4.69, 9.17) is 0 Å². The summed E-state index contributed by atoms with van der Waals surface area (Å²) in [5.74, 6) is 0.193. The number of hydrogen-bond donors (Lipinski definition) is 1. The molecule has 2 nitrogen and oxygen atoms in total. The maximum atomic E-state index is 10.8. The number of nitrogens with one attached hydrogen (secondary N) is 1. The molecule has 0 aromatic carbocycles. The second-order valence-corrected chi connectivity index (χ2v) is 2.68. The molecule has 1 amide bonds. The van der Waals surface area contributed by atoms with Crippen molar-refractivity contribution in [3.8, 4) is 0 Å². The molecule has 0 radical (unpaired) electrons. The number of amides is 1. The van der Waals surface area contributed by atoms with Gasteiger partial charge < -0.3 is 5.32 Å². The fraction of sp³-hybridized carbons (Fsp3) is 0.625. The highest BCUT2D eigenvalue weighted by Gasteiger charge is 2.15. The molecule has 0 unspecified atom stereocenters. The molecular formula is C8H13NO. The Morgan fingerprint density at radius 2 is 2.60 bits per heavy atom. The Morgan fingerprint density at radius 1 is 1.80 bits per heavy atom. The van der Waals surface area contributed by atoms with E-state index in [1.807, 2.05) is 6.08 Å². The predicted molar refractivity (Wildman–Crippen MR) is 40.6 cm³/mol. The first-order valence-corrected chi connectivity index (χ1v) is 3.73. The van der Waals surface area contributed by atoms with Crippen LogP contribution in [0.25, 0.3) is 0 Å². The van der Waals surface area contributed by atoms with Gasteiger partial charge in [-0.15, -0.1) is 6.58 Å². The van der Waals surface area contributed by atoms with Gasteiger partial charge in [-0.3, -0.25) is 4.79 Å². The second-order valence-electron chi connectivity index (χ2n) is 2.68. The number of carbonyl (C=O) groups is 1. The Morgan fingerprint density at radius 3 is 3.20 bits per heavy atom. The lowest BCUT2D eigenvalue weighted by molar-refractivity contribution is -0.123. The van der Waals surface area contributed by atoms with Gasteiger partial charge in [-0.25, -0.2) is 0 Å². The zero-order chi connectivity index (χ0) is 7.40. The monoisotopic (exact) mass is 139 g/mol. The van der Waals surface area contributed by atoms with Crippen LogP contribution < -0.4 is 5.32 Å². The average Bonchev–Trinajstić information content (AvgIpc) is 1.88. The molecule has 0 saturated carbocycles. The smallest absolute Gasteiger partial charge is 0.220 e. The molecule has 0 aliphatic carbocycles. The Hall–Kier alpha value is -0.790. The lowest BCUT2D eigenvalue weighted by Gasteiger charge is -2.21. The molecule has 1 rings (SSSR count). The van der Waals surface area contributed by atoms with Crippen molar-refractivity contribution in [1.29, 1.82) is 0 Å². The van der Waals surface area contributed by atoms with Gasteiger partial charge in [0.2, 0.25) is 5.91 Å². The zero-order valence-corrected chi connectivity index (χ0v) is 6.10. The molecule has 10 heavy (non-hydrogen) atoms. The van der Waals surface area contributed by atoms with Crippen LogP contribution in [0.1, 0.15) is 25.7 Å². The van der Waals surface area contributed by atoms with Crippen LogP contribution in [0.2, 0.25) is 0 Å². The number of piperidine rings is 1. The summed E-state index contributed by atoms with van der Waals surface area (Å²) < 4.78 is 0. The summed E-state index contributed by atoms with van der Waals surface area (Å²) in [6, 6.07) is 0.360. The standard InChI is InChI=1S/C8H13NO/c1-2-4-7-5-3-6-8(10)9-7/h2,7H,1,3-6H2,(H,9,10)/t7-/m1/s1. The van der Waals surface area contributed by atoms with Gasteiger partial charge in [-0.1, -0.05) is 6.08 Å². The Bertz CT molecular complexity index is 142. The van der Waals surface area contributed by atoms with Gasteiger partial charge in [0.05, 0.1) is 0 Å². The van der Waals surface area contributed by atoms with Gasteiger partial charge in [0, 0.05) is 12.5 Å². The van der Waals surface area contributed by atoms with Gasteiger partial charge in [0.15, 0.2) is 0 Å². The van der Waals surface area contributed by atoms with Crippen molar-refractivity contribution in [1.82, 2.24) is 5.32 Å². The maximum Gasteiger partial charge on any atom is 0.220 e. The number of hydrogen-bond acceptors (Lipinski definition) is 1. The third-order valence-electron chi connectivity index (χ3n) is 1.77. The van der Waals surface area contributed by atoms with Crippen molar-refractivity contribution in [2.45, 2.75) is 31.7 Å². The molecule has 1 atom stereocenters. The molecule has 1 heterocycles. The molecule has 0 spiro atoms. The number of carbonyl (C=O) groups excluding carboxylic acids is 1. The van der Waals surface area contributed by atoms with Crippen molar-refractivity contribution in [2.75, 3.05) is 0 Å². The van der Waals surface area contributed by atoms with Gasteiger partial charge in [0.25, 0.3) is 0 Å². The summed E-state index contributed by atoms with van der Waals surface area (Å²) in [6.45, 7) is 3.63. The molecule has 1 aliphatic heterocycles. The molecule has 0 aromatic heterocycles. The molecule has 0 aromatic rings. The van der Waals surface area contributed by atoms with E-state index in [1.54, 1.807) is 0 Å². The van der Waals surface area contributed by atoms with E-state index >= 15 is 0 Å². The summed E-state index contributed by atoms with van der Waals surface area (Å²) in [6.07, 6.45) is 5.61. The SMILES string of the molecule is C=CC[C@@H]1CCCC(=O)N1. The van der Waals surface area contributed by atoms with E-state index in [2.05, 4.69) is 11.9 Å². The second kappa shape index (κ2) is 3.40. The van der Waals surface area contributed by atoms with Crippen LogP contribution in [0, 0.1) is 0 Å². The highest BCUT2D eigenvalue weighted by Crippen LogP contribution is 2.10. The molecule has 0 bridgehead atoms. The van der Waals surface area contributed by atoms with Crippen LogP contribution in [0.5, 0.6) is 0 Å². The van der Waals surface area contributed by atoms with E-state index in [-0.39, 0.29) is 5.91 Å². The first-order chi connectivity index (χ1) is 4.83. The molecule has 2 heteroatoms. The zero-order valence-electron chi connectivity index (χ0n) is 6.10. The van der Waals surface area contributed by atoms with Gasteiger partial charge in [-0.2, -0.15) is 0 Å². The largest absolute Gasteiger partial charge is 0.353 e. The van der Waals surface area contributed by atoms with Gasteiger partial charge >= 0.3 is 0 Å². The van der Waals surface area contributed by atoms with Crippen molar-refractivity contribution >= 4 is 5.91 Å². The topological polar surface area (TPSA) is 29.1 Å². The lowest BCUT2D eigenvalue weighted by atomic mass is 10.0. The average molecular weight is 139 g/mol. The summed E-state index contributed by atoms with van der Waals surface area (Å²) in [4.78, 5) is 10.8. The van der Waals surface area contributed by atoms with Crippen LogP contribution in [0.3, 0.4) is 0 Å². The van der Waals surface area contributed by atoms with Crippen molar-refractivity contribution < 1.29 is 4.79 Å². The fourth-order valence-corrected chi connectivity index (χ4v) is 1.26. The molecular weight excluding hydrogens is 126 g/mol. The van der Waals surface area contributed by atoms with E-state index in [0.29, 0.717) is 12.5 Å². The molecule has 1 N–H and O–H groups in total. The predicted octanol–water partition coefficient (Wildman–Crippen LogP) is 1.23. The third kappa shape index (κ3) is 1.87. The normalized spacial score (nSPS) is 25.6. The van der Waals surface area contributed by atoms with E-state index in [9.17, 15) is 4.79 Å². The highest BCUT2D eigenvalue weighted by molar-refractivity contribution is 5.76. The van der Waals surface area contributed by atoms with Gasteiger partial charge in [-0.05, 0) is 19.3 Å². The van der Waals surface area contributed by atoms with Crippen LogP contribution in [-0.2, 0) is 4.79 Å². The third-order valence-corrected chi connectivity index (χ3v) is 1.77. The number of rotatable bonds is 2. The molecule has 56 valence electrons. The minimum atomic E-state index is 0.193. The first-order valence-electron chi connectivity index (χ1n) is 3.73. The summed E-state index contributed by atoms with van der Waals surface area (Å²) in [5, 5.41) is 2.91. The van der Waals surface area contributed by atoms with Crippen LogP contribution >= 0.6 is 0 Å². The molecule has 1 saturated heterocycles. The van der Waals surface area contributed by atoms with E-state index in [0.717, 1.165) is 19.3 Å². The van der Waals surface area contributed by atoms with E-state index in [1.165, 1.54) is 0 Å². The Kier molecular flexibility index (Phi) is 2.49.